The highest BCUT2D eigenvalue weighted by Crippen LogP contribution is 2.38. The summed E-state index contributed by atoms with van der Waals surface area (Å²) in [5, 5.41) is 11.9. The maximum Gasteiger partial charge on any atom is 0.233 e. The number of nitrogens with two attached hydrogens (primary N) is 1. The molecule has 98 valence electrons. The van der Waals surface area contributed by atoms with Gasteiger partial charge in [-0.1, -0.05) is 23.4 Å². The second-order valence-electron chi connectivity index (χ2n) is 4.92. The second kappa shape index (κ2) is 5.06. The lowest BCUT2D eigenvalue weighted by molar-refractivity contribution is 0.278. The number of nitrogens with zero attached hydrogens (tertiary/aromatic N) is 2. The summed E-state index contributed by atoms with van der Waals surface area (Å²) in [5.41, 5.74) is 10.1. The highest BCUT2D eigenvalue weighted by Gasteiger charge is 2.30. The van der Waals surface area contributed by atoms with Crippen LogP contribution in [0.5, 0.6) is 0 Å². The van der Waals surface area contributed by atoms with Crippen molar-refractivity contribution in [2.45, 2.75) is 31.7 Å². The van der Waals surface area contributed by atoms with E-state index in [0.29, 0.717) is 5.92 Å². The third-order valence-electron chi connectivity index (χ3n) is 3.92. The second-order valence-corrected chi connectivity index (χ2v) is 4.92. The smallest absolute Gasteiger partial charge is 0.233 e. The Kier molecular flexibility index (Phi) is 3.66. The van der Waals surface area contributed by atoms with Crippen LogP contribution in [0.15, 0.2) is 23.4 Å². The monoisotopic (exact) mass is 267 g/mol. The predicted molar refractivity (Wildman–Crippen MR) is 73.2 cm³/mol. The van der Waals surface area contributed by atoms with E-state index >= 15 is 0 Å². The molecule has 3 N–H and O–H groups in total. The molecule has 0 saturated carbocycles. The van der Waals surface area contributed by atoms with Crippen LogP contribution in [0, 0.1) is 0 Å². The maximum absolute atomic E-state index is 8.78. The molecule has 0 saturated heterocycles. The van der Waals surface area contributed by atoms with Gasteiger partial charge in [0.25, 0.3) is 0 Å². The van der Waals surface area contributed by atoms with Crippen LogP contribution in [0.4, 0.5) is 0 Å². The molecule has 0 spiro atoms. The third-order valence-corrected chi connectivity index (χ3v) is 3.92. The van der Waals surface area contributed by atoms with Crippen LogP contribution in [0.2, 0.25) is 0 Å². The maximum atomic E-state index is 8.78. The van der Waals surface area contributed by atoms with Crippen LogP contribution in [-0.4, -0.2) is 22.6 Å². The van der Waals surface area contributed by atoms with Crippen molar-refractivity contribution < 1.29 is 5.21 Å². The van der Waals surface area contributed by atoms with Gasteiger partial charge in [-0.15, -0.1) is 12.4 Å². The van der Waals surface area contributed by atoms with Gasteiger partial charge in [-0.3, -0.25) is 0 Å². The van der Waals surface area contributed by atoms with E-state index in [1.54, 1.807) is 0 Å². The lowest BCUT2D eigenvalue weighted by atomic mass is 9.78. The first-order valence-electron chi connectivity index (χ1n) is 6.12. The summed E-state index contributed by atoms with van der Waals surface area (Å²) in [6.45, 7) is 1.63. The lowest BCUT2D eigenvalue weighted by Crippen LogP contribution is -2.43. The number of guanidine groups is 1. The van der Waals surface area contributed by atoms with Gasteiger partial charge in [0.1, 0.15) is 0 Å². The fourth-order valence-electron chi connectivity index (χ4n) is 3.19. The summed E-state index contributed by atoms with van der Waals surface area (Å²) in [6, 6.07) is 6.52. The fraction of sp³-hybridized carbons (Fsp3) is 0.462. The van der Waals surface area contributed by atoms with E-state index in [9.17, 15) is 0 Å². The van der Waals surface area contributed by atoms with Crippen LogP contribution in [0.3, 0.4) is 0 Å². The Balaban J connectivity index is 0.00000120. The van der Waals surface area contributed by atoms with Gasteiger partial charge in [0.15, 0.2) is 0 Å². The zero-order valence-corrected chi connectivity index (χ0v) is 11.0. The van der Waals surface area contributed by atoms with Gasteiger partial charge in [-0.05, 0) is 36.0 Å². The Hall–Kier alpha value is -1.42. The zero-order valence-electron chi connectivity index (χ0n) is 10.2. The molecule has 2 aliphatic rings. The SMILES string of the molecule is Cl.N/C(=N\O)N1Cc2cccc3c2C(CCC3)C1. The fourth-order valence-corrected chi connectivity index (χ4v) is 3.19. The van der Waals surface area contributed by atoms with E-state index in [2.05, 4.69) is 23.4 Å². The van der Waals surface area contributed by atoms with E-state index in [1.807, 2.05) is 4.90 Å². The molecule has 0 bridgehead atoms. The van der Waals surface area contributed by atoms with Crippen LogP contribution in [0.25, 0.3) is 0 Å². The molecular formula is C13H18ClN3O. The molecule has 1 atom stereocenters. The molecule has 0 radical (unpaired) electrons. The summed E-state index contributed by atoms with van der Waals surface area (Å²) in [7, 11) is 0. The molecular weight excluding hydrogens is 250 g/mol. The molecule has 1 aromatic rings. The van der Waals surface area contributed by atoms with Gasteiger partial charge in [-0.25, -0.2) is 0 Å². The van der Waals surface area contributed by atoms with E-state index < -0.39 is 0 Å². The van der Waals surface area contributed by atoms with Gasteiger partial charge in [0, 0.05) is 19.0 Å². The highest BCUT2D eigenvalue weighted by molar-refractivity contribution is 5.85. The Morgan fingerprint density at radius 2 is 2.17 bits per heavy atom. The summed E-state index contributed by atoms with van der Waals surface area (Å²) in [4.78, 5) is 1.96. The average molecular weight is 268 g/mol. The molecule has 1 unspecified atom stereocenters. The predicted octanol–water partition coefficient (Wildman–Crippen LogP) is 2.05. The van der Waals surface area contributed by atoms with Crippen molar-refractivity contribution in [3.05, 3.63) is 34.9 Å². The molecule has 18 heavy (non-hydrogen) atoms. The van der Waals surface area contributed by atoms with Gasteiger partial charge >= 0.3 is 0 Å². The van der Waals surface area contributed by atoms with E-state index in [1.165, 1.54) is 36.0 Å². The number of benzene rings is 1. The molecule has 1 heterocycles. The first-order chi connectivity index (χ1) is 8.29. The Bertz CT molecular complexity index is 475. The van der Waals surface area contributed by atoms with Crippen molar-refractivity contribution in [3.8, 4) is 0 Å². The minimum absolute atomic E-state index is 0. The average Bonchev–Trinajstić information content (AvgIpc) is 2.38. The first kappa shape index (κ1) is 13.0. The number of oxime groups is 1. The molecule has 1 aromatic carbocycles. The topological polar surface area (TPSA) is 61.9 Å². The first-order valence-corrected chi connectivity index (χ1v) is 6.12. The zero-order chi connectivity index (χ0) is 11.8. The Labute approximate surface area is 113 Å². The third kappa shape index (κ3) is 2.01. The summed E-state index contributed by atoms with van der Waals surface area (Å²) in [6.07, 6.45) is 3.65. The molecule has 1 aliphatic heterocycles. The van der Waals surface area contributed by atoms with Crippen molar-refractivity contribution in [1.29, 1.82) is 0 Å². The molecule has 0 fully saturated rings. The number of hydrogen-bond donors (Lipinski definition) is 2. The largest absolute Gasteiger partial charge is 0.408 e. The van der Waals surface area contributed by atoms with E-state index in [0.717, 1.165) is 13.1 Å². The Morgan fingerprint density at radius 1 is 1.39 bits per heavy atom. The lowest BCUT2D eigenvalue weighted by Gasteiger charge is -2.38. The van der Waals surface area contributed by atoms with Crippen LogP contribution in [-0.2, 0) is 13.0 Å². The number of rotatable bonds is 0. The van der Waals surface area contributed by atoms with Crippen molar-refractivity contribution in [1.82, 2.24) is 4.90 Å². The summed E-state index contributed by atoms with van der Waals surface area (Å²) in [5.74, 6) is 0.774. The number of halogens is 1. The van der Waals surface area contributed by atoms with Gasteiger partial charge in [-0.2, -0.15) is 0 Å². The summed E-state index contributed by atoms with van der Waals surface area (Å²) >= 11 is 0. The van der Waals surface area contributed by atoms with E-state index in [-0.39, 0.29) is 18.4 Å². The minimum atomic E-state index is 0. The van der Waals surface area contributed by atoms with Gasteiger partial charge in [0.2, 0.25) is 5.96 Å². The molecule has 5 heteroatoms. The quantitative estimate of drug-likeness (QED) is 0.327. The van der Waals surface area contributed by atoms with Crippen LogP contribution >= 0.6 is 12.4 Å². The van der Waals surface area contributed by atoms with Gasteiger partial charge in [0.05, 0.1) is 0 Å². The van der Waals surface area contributed by atoms with Crippen molar-refractivity contribution in [3.63, 3.8) is 0 Å². The van der Waals surface area contributed by atoms with Gasteiger partial charge < -0.3 is 15.8 Å². The minimum Gasteiger partial charge on any atom is -0.408 e. The number of aryl methyl sites for hydroxylation is 1. The van der Waals surface area contributed by atoms with Crippen LogP contribution in [0.1, 0.15) is 35.4 Å². The molecule has 0 amide bonds. The van der Waals surface area contributed by atoms with Crippen molar-refractivity contribution >= 4 is 18.4 Å². The highest BCUT2D eigenvalue weighted by atomic mass is 35.5. The number of hydrogen-bond acceptors (Lipinski definition) is 2. The molecule has 3 rings (SSSR count). The standard InChI is InChI=1S/C13H17N3O.ClH/c14-13(15-17)16-7-10-5-1-3-9-4-2-6-11(8-16)12(9)10;/h1,3,5,11,17H,2,4,6-8H2,(H2,14,15);1H. The molecule has 1 aliphatic carbocycles. The van der Waals surface area contributed by atoms with E-state index in [4.69, 9.17) is 10.9 Å². The molecule has 0 aromatic heterocycles. The Morgan fingerprint density at radius 3 is 2.94 bits per heavy atom. The molecule has 4 nitrogen and oxygen atoms in total. The van der Waals surface area contributed by atoms with Crippen molar-refractivity contribution in [2.24, 2.45) is 10.9 Å². The summed E-state index contributed by atoms with van der Waals surface area (Å²) < 4.78 is 0. The van der Waals surface area contributed by atoms with Crippen molar-refractivity contribution in [2.75, 3.05) is 6.54 Å². The van der Waals surface area contributed by atoms with Crippen LogP contribution < -0.4 is 5.73 Å². The normalized spacial score (nSPS) is 22.1.